The third kappa shape index (κ3) is 3.59. The van der Waals surface area contributed by atoms with Crippen molar-refractivity contribution in [2.75, 3.05) is 6.61 Å². The van der Waals surface area contributed by atoms with Gasteiger partial charge in [0.25, 0.3) is 0 Å². The predicted molar refractivity (Wildman–Crippen MR) is 103 cm³/mol. The lowest BCUT2D eigenvalue weighted by molar-refractivity contribution is -0.242. The molecule has 0 radical (unpaired) electrons. The van der Waals surface area contributed by atoms with Crippen LogP contribution in [0.3, 0.4) is 0 Å². The number of aromatic hydroxyl groups is 4. The van der Waals surface area contributed by atoms with Crippen LogP contribution in [0.2, 0.25) is 0 Å². The quantitative estimate of drug-likeness (QED) is 0.275. The maximum atomic E-state index is 13.3. The van der Waals surface area contributed by atoms with Crippen LogP contribution in [0, 0.1) is 0 Å². The summed E-state index contributed by atoms with van der Waals surface area (Å²) in [6, 6.07) is -0.920. The van der Waals surface area contributed by atoms with E-state index in [0.29, 0.717) is 0 Å². The minimum absolute atomic E-state index is 0.427. The number of aliphatic hydroxyl groups is 3. The van der Waals surface area contributed by atoms with E-state index in [0.717, 1.165) is 12.1 Å². The molecular formula is C20H18O11. The van der Waals surface area contributed by atoms with E-state index < -0.39 is 106 Å². The van der Waals surface area contributed by atoms with E-state index in [2.05, 4.69) is 0 Å². The Morgan fingerprint density at radius 2 is 1.74 bits per heavy atom. The van der Waals surface area contributed by atoms with E-state index in [1.165, 1.54) is 0 Å². The summed E-state index contributed by atoms with van der Waals surface area (Å²) in [4.78, 5) is 13.3. The molecule has 0 aliphatic carbocycles. The fourth-order valence-corrected chi connectivity index (χ4v) is 3.04. The van der Waals surface area contributed by atoms with Crippen LogP contribution in [-0.2, 0) is 4.74 Å². The van der Waals surface area contributed by atoms with E-state index in [9.17, 15) is 40.5 Å². The molecule has 4 rings (SSSR count). The highest BCUT2D eigenvalue weighted by atomic mass is 16.7. The highest BCUT2D eigenvalue weighted by molar-refractivity contribution is 5.88. The molecule has 164 valence electrons. The van der Waals surface area contributed by atoms with Crippen LogP contribution in [-0.4, -0.2) is 67.0 Å². The molecule has 11 heteroatoms. The number of ether oxygens (including phenoxy) is 2. The van der Waals surface area contributed by atoms with E-state index in [1.54, 1.807) is 0 Å². The van der Waals surface area contributed by atoms with Gasteiger partial charge in [-0.25, -0.2) is 0 Å². The molecule has 1 aliphatic rings. The molecule has 0 saturated carbocycles. The van der Waals surface area contributed by atoms with Gasteiger partial charge in [0.05, 0.1) is 10.7 Å². The van der Waals surface area contributed by atoms with Crippen molar-refractivity contribution >= 4 is 11.0 Å². The number of hydrogen-bond donors (Lipinski definition) is 7. The van der Waals surface area contributed by atoms with Gasteiger partial charge >= 0.3 is 0 Å². The minimum atomic E-state index is -1.87. The zero-order chi connectivity index (χ0) is 25.1. The highest BCUT2D eigenvalue weighted by Crippen LogP contribution is 2.39. The van der Waals surface area contributed by atoms with E-state index in [4.69, 9.17) is 18.0 Å². The molecule has 4 atom stereocenters. The van der Waals surface area contributed by atoms with Gasteiger partial charge in [0, 0.05) is 17.7 Å². The summed E-state index contributed by atoms with van der Waals surface area (Å²) in [7, 11) is 0. The Labute approximate surface area is 177 Å². The lowest BCUT2D eigenvalue weighted by atomic mass is 10.1. The summed E-state index contributed by atoms with van der Waals surface area (Å²) in [5.41, 5.74) is -2.23. The Kier molecular flexibility index (Phi) is 4.23. The second-order valence-corrected chi connectivity index (χ2v) is 6.74. The fraction of sp³-hybridized carbons (Fsp3) is 0.250. The molecule has 0 unspecified atom stereocenters. The summed E-state index contributed by atoms with van der Waals surface area (Å²) >= 11 is 0. The lowest BCUT2D eigenvalue weighted by Crippen LogP contribution is -2.55. The first-order valence-corrected chi connectivity index (χ1v) is 8.81. The zero-order valence-electron chi connectivity index (χ0n) is 18.4. The smallest absolute Gasteiger partial charge is 0.239 e. The molecular weight excluding hydrogens is 416 g/mol. The number of phenols is 4. The van der Waals surface area contributed by atoms with Crippen molar-refractivity contribution < 1.29 is 53.7 Å². The third-order valence-electron chi connectivity index (χ3n) is 4.61. The summed E-state index contributed by atoms with van der Waals surface area (Å²) in [6.45, 7) is -0.499. The standard InChI is InChI=1S/C20H18O11/c21-8-4-11(24)14-13(5-8)30-18(7-1-2-9(22)10(23)3-7)19(16(14)27)31-20-17(28)15(26)12(25)6-29-20/h1-5,12,15,17,20-26,28H,6H2/t12-,15+,17-,20+/m1/s1/i1D,2D,3D. The van der Waals surface area contributed by atoms with Gasteiger partial charge in [-0.05, 0) is 18.1 Å². The van der Waals surface area contributed by atoms with Gasteiger partial charge in [0.1, 0.15) is 40.8 Å². The van der Waals surface area contributed by atoms with Gasteiger partial charge in [-0.1, -0.05) is 0 Å². The van der Waals surface area contributed by atoms with Crippen molar-refractivity contribution in [3.63, 3.8) is 0 Å². The molecule has 2 aromatic carbocycles. The number of aliphatic hydroxyl groups excluding tert-OH is 3. The van der Waals surface area contributed by atoms with E-state index in [-0.39, 0.29) is 0 Å². The Morgan fingerprint density at radius 3 is 2.48 bits per heavy atom. The monoisotopic (exact) mass is 437 g/mol. The Hall–Kier alpha value is -3.51. The molecule has 3 aromatic rings. The molecule has 1 aromatic heterocycles. The van der Waals surface area contributed by atoms with Gasteiger partial charge in [-0.3, -0.25) is 4.79 Å². The first-order chi connectivity index (χ1) is 15.9. The van der Waals surface area contributed by atoms with Crippen molar-refractivity contribution in [3.8, 4) is 40.1 Å². The van der Waals surface area contributed by atoms with Crippen LogP contribution in [0.25, 0.3) is 22.3 Å². The summed E-state index contributed by atoms with van der Waals surface area (Å²) in [5, 5.41) is 69.0. The minimum Gasteiger partial charge on any atom is -0.508 e. The fourth-order valence-electron chi connectivity index (χ4n) is 3.04. The van der Waals surface area contributed by atoms with Crippen molar-refractivity contribution in [3.05, 3.63) is 40.5 Å². The van der Waals surface area contributed by atoms with E-state index in [1.807, 2.05) is 0 Å². The second-order valence-electron chi connectivity index (χ2n) is 6.74. The number of fused-ring (bicyclic) bond motifs is 1. The predicted octanol–water partition coefficient (Wildman–Crippen LogP) is 0.100. The summed E-state index contributed by atoms with van der Waals surface area (Å²) in [6.07, 6.45) is -6.82. The number of rotatable bonds is 3. The maximum Gasteiger partial charge on any atom is 0.239 e. The van der Waals surface area contributed by atoms with Gasteiger partial charge in [-0.2, -0.15) is 0 Å². The van der Waals surface area contributed by atoms with Gasteiger partial charge in [0.2, 0.25) is 17.5 Å². The molecule has 0 bridgehead atoms. The van der Waals surface area contributed by atoms with Crippen LogP contribution < -0.4 is 10.2 Å². The van der Waals surface area contributed by atoms with Crippen molar-refractivity contribution in [2.45, 2.75) is 24.6 Å². The summed E-state index contributed by atoms with van der Waals surface area (Å²) in [5.74, 6) is -5.00. The number of hydrogen-bond acceptors (Lipinski definition) is 11. The normalized spacial score (nSPS) is 25.1. The highest BCUT2D eigenvalue weighted by Gasteiger charge is 2.40. The zero-order valence-corrected chi connectivity index (χ0v) is 15.4. The Balaban J connectivity index is 2.03. The Bertz CT molecular complexity index is 1330. The molecule has 31 heavy (non-hydrogen) atoms. The van der Waals surface area contributed by atoms with Crippen LogP contribution in [0.5, 0.6) is 28.7 Å². The van der Waals surface area contributed by atoms with Gasteiger partial charge in [-0.15, -0.1) is 0 Å². The van der Waals surface area contributed by atoms with Crippen molar-refractivity contribution in [1.29, 1.82) is 0 Å². The lowest BCUT2D eigenvalue weighted by Gasteiger charge is -2.34. The topological polar surface area (TPSA) is 190 Å². The first kappa shape index (κ1) is 17.2. The number of phenolic OH excluding ortho intramolecular Hbond substituents is 4. The molecule has 1 fully saturated rings. The third-order valence-corrected chi connectivity index (χ3v) is 4.61. The molecule has 0 spiro atoms. The number of benzene rings is 2. The molecule has 1 aliphatic heterocycles. The van der Waals surface area contributed by atoms with Crippen LogP contribution >= 0.6 is 0 Å². The molecule has 2 heterocycles. The molecule has 1 saturated heterocycles. The van der Waals surface area contributed by atoms with Gasteiger partial charge < -0.3 is 49.6 Å². The SMILES string of the molecule is [2H]c1c([2H])c(-c2oc3cc(O)cc(O)c3c(=O)c2O[C@@H]2OC[C@@H](O)[C@H](O)[C@H]2O)c([2H])c(O)c1O. The first-order valence-electron chi connectivity index (χ1n) is 10.3. The van der Waals surface area contributed by atoms with Crippen LogP contribution in [0.4, 0.5) is 0 Å². The average molecular weight is 437 g/mol. The average Bonchev–Trinajstić information content (AvgIpc) is 2.78. The molecule has 7 N–H and O–H groups in total. The van der Waals surface area contributed by atoms with E-state index >= 15 is 0 Å². The van der Waals surface area contributed by atoms with Crippen molar-refractivity contribution in [1.82, 2.24) is 0 Å². The summed E-state index contributed by atoms with van der Waals surface area (Å²) < 4.78 is 40.2. The Morgan fingerprint density at radius 1 is 1.00 bits per heavy atom. The molecule has 0 amide bonds. The maximum absolute atomic E-state index is 13.3. The molecule has 11 nitrogen and oxygen atoms in total. The van der Waals surface area contributed by atoms with Crippen LogP contribution in [0.15, 0.2) is 39.5 Å². The second kappa shape index (κ2) is 7.63. The van der Waals surface area contributed by atoms with Crippen LogP contribution in [0.1, 0.15) is 4.11 Å². The largest absolute Gasteiger partial charge is 0.508 e. The van der Waals surface area contributed by atoms with Gasteiger partial charge in [0.15, 0.2) is 17.3 Å². The van der Waals surface area contributed by atoms with Crippen molar-refractivity contribution in [2.24, 2.45) is 0 Å².